The van der Waals surface area contributed by atoms with Crippen molar-refractivity contribution in [1.29, 1.82) is 0 Å². The maximum absolute atomic E-state index is 2.36. The first-order chi connectivity index (χ1) is 3.41. The molecule has 0 nitrogen and oxygen atoms in total. The molecular formula is C8H22B. The first-order valence-electron chi connectivity index (χ1n) is 3.23. The fourth-order valence-electron chi connectivity index (χ4n) is 0.553. The summed E-state index contributed by atoms with van der Waals surface area (Å²) in [7, 11) is 2.36. The summed E-state index contributed by atoms with van der Waals surface area (Å²) in [6, 6.07) is 0. The Morgan fingerprint density at radius 1 is 0.889 bits per heavy atom. The van der Waals surface area contributed by atoms with E-state index < -0.39 is 0 Å². The van der Waals surface area contributed by atoms with Gasteiger partial charge < -0.3 is 0 Å². The Morgan fingerprint density at radius 3 is 1.44 bits per heavy atom. The van der Waals surface area contributed by atoms with Crippen LogP contribution in [0.4, 0.5) is 0 Å². The molecule has 0 aromatic carbocycles. The molecule has 1 radical (unpaired) electrons. The molecule has 0 N–H and O–H groups in total. The van der Waals surface area contributed by atoms with E-state index in [2.05, 4.69) is 21.1 Å². The minimum absolute atomic E-state index is 0. The number of hydrogen-bond donors (Lipinski definition) is 0. The Balaban J connectivity index is -0.000000180. The second kappa shape index (κ2) is 15.7. The van der Waals surface area contributed by atoms with Crippen molar-refractivity contribution in [3.05, 3.63) is 0 Å². The minimum Gasteiger partial charge on any atom is -0.0806 e. The molecule has 0 bridgehead atoms. The highest BCUT2D eigenvalue weighted by atomic mass is 13.7. The predicted molar refractivity (Wildman–Crippen MR) is 49.4 cm³/mol. The van der Waals surface area contributed by atoms with Gasteiger partial charge in [0.1, 0.15) is 7.28 Å². The van der Waals surface area contributed by atoms with E-state index in [1.165, 1.54) is 25.5 Å². The quantitative estimate of drug-likeness (QED) is 0.401. The molecule has 0 aromatic heterocycles. The lowest BCUT2D eigenvalue weighted by Crippen LogP contribution is -1.84. The Morgan fingerprint density at radius 2 is 1.22 bits per heavy atom. The van der Waals surface area contributed by atoms with Gasteiger partial charge in [-0.25, -0.2) is 0 Å². The first kappa shape index (κ1) is 16.0. The summed E-state index contributed by atoms with van der Waals surface area (Å²) < 4.78 is 0. The normalized spacial score (nSPS) is 6.89. The maximum atomic E-state index is 2.36. The highest BCUT2D eigenvalue weighted by Crippen LogP contribution is 1.92. The smallest absolute Gasteiger partial charge is 0.0806 e. The van der Waals surface area contributed by atoms with Gasteiger partial charge in [-0.1, -0.05) is 54.2 Å². The molecule has 0 spiro atoms. The molecule has 0 heterocycles. The molecule has 0 aliphatic carbocycles. The van der Waals surface area contributed by atoms with E-state index >= 15 is 0 Å². The molecule has 0 aliphatic rings. The van der Waals surface area contributed by atoms with Crippen molar-refractivity contribution in [2.24, 2.45) is 0 Å². The van der Waals surface area contributed by atoms with Crippen LogP contribution in [0.15, 0.2) is 0 Å². The van der Waals surface area contributed by atoms with Crippen molar-refractivity contribution in [1.82, 2.24) is 0 Å². The van der Waals surface area contributed by atoms with E-state index in [1.54, 1.807) is 0 Å². The molecule has 57 valence electrons. The second-order valence-corrected chi connectivity index (χ2v) is 1.87. The summed E-state index contributed by atoms with van der Waals surface area (Å²) in [4.78, 5) is 0. The standard InChI is InChI=1S/C6H14B.2CH4/c1-3-5-7-6-4-2;;/h3-6H2,1-2H3;2*1H4. The molecule has 0 aliphatic heterocycles. The second-order valence-electron chi connectivity index (χ2n) is 1.87. The summed E-state index contributed by atoms with van der Waals surface area (Å²) in [5.41, 5.74) is 0. The van der Waals surface area contributed by atoms with Crippen molar-refractivity contribution in [3.63, 3.8) is 0 Å². The average molecular weight is 129 g/mol. The Kier molecular flexibility index (Phi) is 27.9. The van der Waals surface area contributed by atoms with Crippen LogP contribution in [0, 0.1) is 0 Å². The molecule has 0 fully saturated rings. The Hall–Kier alpha value is 0.0649. The van der Waals surface area contributed by atoms with E-state index in [0.717, 1.165) is 0 Å². The molecule has 0 saturated carbocycles. The fraction of sp³-hybridized carbons (Fsp3) is 1.00. The Labute approximate surface area is 62.3 Å². The number of rotatable bonds is 4. The van der Waals surface area contributed by atoms with Gasteiger partial charge in [-0.2, -0.15) is 0 Å². The third kappa shape index (κ3) is 18.0. The van der Waals surface area contributed by atoms with Crippen LogP contribution in [0.3, 0.4) is 0 Å². The van der Waals surface area contributed by atoms with Gasteiger partial charge in [-0.3, -0.25) is 0 Å². The van der Waals surface area contributed by atoms with Crippen LogP contribution in [0.1, 0.15) is 41.5 Å². The van der Waals surface area contributed by atoms with Gasteiger partial charge in [-0.15, -0.1) is 0 Å². The molecule has 0 aromatic rings. The molecule has 9 heavy (non-hydrogen) atoms. The summed E-state index contributed by atoms with van der Waals surface area (Å²) in [5.74, 6) is 0. The minimum atomic E-state index is 0. The van der Waals surface area contributed by atoms with Crippen LogP contribution in [0.25, 0.3) is 0 Å². The molecule has 0 atom stereocenters. The molecule has 0 rings (SSSR count). The zero-order chi connectivity index (χ0) is 5.54. The van der Waals surface area contributed by atoms with Crippen LogP contribution >= 0.6 is 0 Å². The van der Waals surface area contributed by atoms with Crippen molar-refractivity contribution >= 4 is 7.28 Å². The van der Waals surface area contributed by atoms with E-state index in [-0.39, 0.29) is 14.9 Å². The maximum Gasteiger partial charge on any atom is 0.109 e. The molecule has 0 saturated heterocycles. The van der Waals surface area contributed by atoms with Crippen LogP contribution in [-0.2, 0) is 0 Å². The van der Waals surface area contributed by atoms with E-state index in [0.29, 0.717) is 0 Å². The third-order valence-electron chi connectivity index (χ3n) is 0.986. The van der Waals surface area contributed by atoms with Crippen LogP contribution < -0.4 is 0 Å². The van der Waals surface area contributed by atoms with Gasteiger partial charge in [0.15, 0.2) is 0 Å². The summed E-state index contributed by atoms with van der Waals surface area (Å²) in [6.45, 7) is 4.43. The van der Waals surface area contributed by atoms with Crippen molar-refractivity contribution in [2.45, 2.75) is 54.2 Å². The summed E-state index contributed by atoms with van der Waals surface area (Å²) in [6.07, 6.45) is 5.21. The van der Waals surface area contributed by atoms with Crippen molar-refractivity contribution in [3.8, 4) is 0 Å². The monoisotopic (exact) mass is 129 g/mol. The third-order valence-corrected chi connectivity index (χ3v) is 0.986. The SMILES string of the molecule is C.C.CCC[B]CCC. The van der Waals surface area contributed by atoms with E-state index in [4.69, 9.17) is 0 Å². The topological polar surface area (TPSA) is 0 Å². The van der Waals surface area contributed by atoms with Crippen LogP contribution in [0.5, 0.6) is 0 Å². The molecular weight excluding hydrogens is 107 g/mol. The lowest BCUT2D eigenvalue weighted by atomic mass is 9.69. The Bertz CT molecular complexity index is 23.7. The van der Waals surface area contributed by atoms with Crippen LogP contribution in [0.2, 0.25) is 12.6 Å². The van der Waals surface area contributed by atoms with Gasteiger partial charge in [-0.05, 0) is 0 Å². The van der Waals surface area contributed by atoms with Crippen molar-refractivity contribution in [2.75, 3.05) is 0 Å². The van der Waals surface area contributed by atoms with Gasteiger partial charge in [0.2, 0.25) is 0 Å². The van der Waals surface area contributed by atoms with Gasteiger partial charge in [0, 0.05) is 0 Å². The predicted octanol–water partition coefficient (Wildman–Crippen LogP) is 3.62. The lowest BCUT2D eigenvalue weighted by molar-refractivity contribution is 1.02. The molecule has 1 heteroatoms. The lowest BCUT2D eigenvalue weighted by Gasteiger charge is -1.88. The van der Waals surface area contributed by atoms with Gasteiger partial charge >= 0.3 is 0 Å². The van der Waals surface area contributed by atoms with Crippen molar-refractivity contribution < 1.29 is 0 Å². The highest BCUT2D eigenvalue weighted by molar-refractivity contribution is 6.35. The van der Waals surface area contributed by atoms with E-state index in [1.807, 2.05) is 0 Å². The fourth-order valence-corrected chi connectivity index (χ4v) is 0.553. The van der Waals surface area contributed by atoms with Crippen LogP contribution in [-0.4, -0.2) is 7.28 Å². The zero-order valence-corrected chi connectivity index (χ0v) is 5.41. The number of hydrogen-bond acceptors (Lipinski definition) is 0. The first-order valence-corrected chi connectivity index (χ1v) is 3.23. The molecule has 0 amide bonds. The zero-order valence-electron chi connectivity index (χ0n) is 5.41. The van der Waals surface area contributed by atoms with Gasteiger partial charge in [0.25, 0.3) is 0 Å². The summed E-state index contributed by atoms with van der Waals surface area (Å²) >= 11 is 0. The summed E-state index contributed by atoms with van der Waals surface area (Å²) in [5, 5.41) is 0. The highest BCUT2D eigenvalue weighted by Gasteiger charge is 1.83. The average Bonchev–Trinajstić information content (AvgIpc) is 1.69. The van der Waals surface area contributed by atoms with E-state index in [9.17, 15) is 0 Å². The molecule has 0 unspecified atom stereocenters. The largest absolute Gasteiger partial charge is 0.109 e. The van der Waals surface area contributed by atoms with Gasteiger partial charge in [0.05, 0.1) is 0 Å².